The van der Waals surface area contributed by atoms with E-state index in [0.29, 0.717) is 38.0 Å². The number of aromatic nitrogens is 2. The summed E-state index contributed by atoms with van der Waals surface area (Å²) in [4.78, 5) is 26.6. The van der Waals surface area contributed by atoms with Crippen molar-refractivity contribution in [2.75, 3.05) is 76.6 Å². The molecule has 3 heterocycles. The van der Waals surface area contributed by atoms with Gasteiger partial charge < -0.3 is 29.3 Å². The summed E-state index contributed by atoms with van der Waals surface area (Å²) in [5.41, 5.74) is 2.89. The van der Waals surface area contributed by atoms with Gasteiger partial charge in [0.05, 0.1) is 31.6 Å². The van der Waals surface area contributed by atoms with Gasteiger partial charge in [0.25, 0.3) is 0 Å². The smallest absolute Gasteiger partial charge is 0.239 e. The van der Waals surface area contributed by atoms with E-state index in [1.54, 1.807) is 14.2 Å². The van der Waals surface area contributed by atoms with Gasteiger partial charge in [-0.05, 0) is 30.4 Å². The van der Waals surface area contributed by atoms with Crippen LogP contribution in [0.1, 0.15) is 46.1 Å². The van der Waals surface area contributed by atoms with Gasteiger partial charge >= 0.3 is 0 Å². The lowest BCUT2D eigenvalue weighted by atomic mass is 10.0. The average molecular weight is 530 g/mol. The molecule has 2 aliphatic heterocycles. The van der Waals surface area contributed by atoms with Gasteiger partial charge in [-0.15, -0.1) is 0 Å². The molecule has 0 atom stereocenters. The Morgan fingerprint density at radius 2 is 1.82 bits per heavy atom. The van der Waals surface area contributed by atoms with E-state index in [-0.39, 0.29) is 5.91 Å². The molecular formula is C29H47N5O4. The predicted octanol–water partition coefficient (Wildman–Crippen LogP) is 4.16. The zero-order valence-electron chi connectivity index (χ0n) is 24.2. The molecule has 9 nitrogen and oxygen atoms in total. The fraction of sp³-hybridized carbons (Fsp3) is 0.621. The largest absolute Gasteiger partial charge is 0.383 e. The summed E-state index contributed by atoms with van der Waals surface area (Å²) in [6.45, 7) is 13.9. The normalized spacial score (nSPS) is 15.0. The summed E-state index contributed by atoms with van der Waals surface area (Å²) in [7, 11) is 3.39. The maximum atomic E-state index is 12.7. The number of nitrogens with zero attached hydrogens (tertiary/aromatic N) is 4. The highest BCUT2D eigenvalue weighted by Gasteiger charge is 2.27. The van der Waals surface area contributed by atoms with E-state index in [4.69, 9.17) is 19.2 Å². The first-order valence-electron chi connectivity index (χ1n) is 14.0. The number of hydrogen-bond donors (Lipinski definition) is 1. The third kappa shape index (κ3) is 9.22. The fourth-order valence-electron chi connectivity index (χ4n) is 4.42. The van der Waals surface area contributed by atoms with Crippen LogP contribution in [0.4, 0.5) is 11.5 Å². The number of hydrogen-bond acceptors (Lipinski definition) is 8. The van der Waals surface area contributed by atoms with Gasteiger partial charge in [-0.1, -0.05) is 45.9 Å². The third-order valence-electron chi connectivity index (χ3n) is 6.35. The minimum atomic E-state index is 0.0270. The Balaban J connectivity index is 0.00000121. The summed E-state index contributed by atoms with van der Waals surface area (Å²) in [5, 5.41) is 3.11. The molecule has 1 aromatic carbocycles. The molecular weight excluding hydrogens is 482 g/mol. The van der Waals surface area contributed by atoms with Gasteiger partial charge in [0, 0.05) is 59.2 Å². The van der Waals surface area contributed by atoms with Gasteiger partial charge in [0.1, 0.15) is 0 Å². The molecule has 9 heteroatoms. The van der Waals surface area contributed by atoms with Crippen molar-refractivity contribution in [3.05, 3.63) is 36.0 Å². The molecule has 38 heavy (non-hydrogen) atoms. The zero-order chi connectivity index (χ0) is 27.8. The number of anilines is 2. The zero-order valence-corrected chi connectivity index (χ0v) is 24.2. The second-order valence-corrected chi connectivity index (χ2v) is 8.80. The number of fused-ring (bicyclic) bond motifs is 1. The predicted molar refractivity (Wildman–Crippen MR) is 154 cm³/mol. The van der Waals surface area contributed by atoms with Gasteiger partial charge in [0.2, 0.25) is 5.91 Å². The number of methoxy groups -OCH3 is 2. The number of carbonyl (C=O) groups is 1. The molecule has 0 bridgehead atoms. The lowest BCUT2D eigenvalue weighted by Crippen LogP contribution is -2.47. The molecule has 0 saturated carbocycles. The van der Waals surface area contributed by atoms with Crippen LogP contribution in [0.2, 0.25) is 0 Å². The summed E-state index contributed by atoms with van der Waals surface area (Å²) in [5.74, 6) is 2.02. The SMILES string of the molecule is CC.CC.COCCN1CCN(CC(=O)NCC2CCOCC2)c2cnc(-c3cccc(COC)c3)nc21. The Kier molecular flexibility index (Phi) is 14.7. The fourth-order valence-corrected chi connectivity index (χ4v) is 4.42. The molecule has 2 aliphatic rings. The monoisotopic (exact) mass is 529 g/mol. The van der Waals surface area contributed by atoms with Crippen LogP contribution >= 0.6 is 0 Å². The quantitative estimate of drug-likeness (QED) is 0.491. The molecule has 0 unspecified atom stereocenters. The number of carbonyl (C=O) groups excluding carboxylic acids is 1. The molecule has 0 spiro atoms. The Hall–Kier alpha value is -2.75. The van der Waals surface area contributed by atoms with Crippen molar-refractivity contribution in [3.63, 3.8) is 0 Å². The van der Waals surface area contributed by atoms with E-state index in [9.17, 15) is 4.79 Å². The first kappa shape index (κ1) is 31.5. The number of amides is 1. The van der Waals surface area contributed by atoms with Crippen molar-refractivity contribution >= 4 is 17.4 Å². The molecule has 1 saturated heterocycles. The lowest BCUT2D eigenvalue weighted by Gasteiger charge is -2.37. The molecule has 1 N–H and O–H groups in total. The summed E-state index contributed by atoms with van der Waals surface area (Å²) in [6.07, 6.45) is 3.85. The Labute approximate surface area is 228 Å². The second-order valence-electron chi connectivity index (χ2n) is 8.80. The van der Waals surface area contributed by atoms with Crippen LogP contribution in [0.5, 0.6) is 0 Å². The topological polar surface area (TPSA) is 89.1 Å². The first-order chi connectivity index (χ1) is 18.7. The van der Waals surface area contributed by atoms with E-state index < -0.39 is 0 Å². The summed E-state index contributed by atoms with van der Waals surface area (Å²) < 4.78 is 16.0. The van der Waals surface area contributed by atoms with Gasteiger partial charge in [-0.3, -0.25) is 4.79 Å². The van der Waals surface area contributed by atoms with Crippen molar-refractivity contribution in [2.45, 2.75) is 47.1 Å². The minimum Gasteiger partial charge on any atom is -0.383 e. The van der Waals surface area contributed by atoms with Crippen LogP contribution < -0.4 is 15.1 Å². The molecule has 2 aromatic rings. The standard InChI is InChI=1S/C25H35N5O4.2C2H6/c1-32-13-10-29-8-9-30(17-23(31)26-15-19-6-11-34-12-7-19)22-16-27-24(28-25(22)29)21-5-3-4-20(14-21)18-33-2;2*1-2/h3-5,14,16,19H,6-13,15,17-18H2,1-2H3,(H,26,31);2*1-2H3. The van der Waals surface area contributed by atoms with Crippen molar-refractivity contribution in [1.82, 2.24) is 15.3 Å². The highest BCUT2D eigenvalue weighted by Crippen LogP contribution is 2.32. The van der Waals surface area contributed by atoms with E-state index >= 15 is 0 Å². The van der Waals surface area contributed by atoms with Crippen molar-refractivity contribution in [1.29, 1.82) is 0 Å². The summed E-state index contributed by atoms with van der Waals surface area (Å²) in [6, 6.07) is 8.07. The summed E-state index contributed by atoms with van der Waals surface area (Å²) >= 11 is 0. The highest BCUT2D eigenvalue weighted by atomic mass is 16.5. The Bertz CT molecular complexity index is 952. The number of nitrogens with one attached hydrogen (secondary N) is 1. The maximum absolute atomic E-state index is 12.7. The minimum absolute atomic E-state index is 0.0270. The highest BCUT2D eigenvalue weighted by molar-refractivity contribution is 5.83. The van der Waals surface area contributed by atoms with E-state index in [1.807, 2.05) is 52.1 Å². The molecule has 212 valence electrons. The van der Waals surface area contributed by atoms with Crippen molar-refractivity contribution < 1.29 is 19.0 Å². The van der Waals surface area contributed by atoms with E-state index in [0.717, 1.165) is 68.3 Å². The lowest BCUT2D eigenvalue weighted by molar-refractivity contribution is -0.120. The van der Waals surface area contributed by atoms with Crippen LogP contribution in [0, 0.1) is 5.92 Å². The van der Waals surface area contributed by atoms with Gasteiger partial charge in [-0.2, -0.15) is 0 Å². The van der Waals surface area contributed by atoms with Crippen LogP contribution in [0.3, 0.4) is 0 Å². The third-order valence-corrected chi connectivity index (χ3v) is 6.35. The Morgan fingerprint density at radius 3 is 2.53 bits per heavy atom. The van der Waals surface area contributed by atoms with Crippen LogP contribution in [-0.4, -0.2) is 82.6 Å². The van der Waals surface area contributed by atoms with E-state index in [2.05, 4.69) is 26.2 Å². The van der Waals surface area contributed by atoms with Crippen LogP contribution in [-0.2, 0) is 25.6 Å². The van der Waals surface area contributed by atoms with Gasteiger partial charge in [0.15, 0.2) is 11.6 Å². The first-order valence-corrected chi connectivity index (χ1v) is 14.0. The van der Waals surface area contributed by atoms with Crippen LogP contribution in [0.25, 0.3) is 11.4 Å². The second kappa shape index (κ2) is 17.7. The molecule has 0 aliphatic carbocycles. The molecule has 1 amide bonds. The average Bonchev–Trinajstić information content (AvgIpc) is 2.98. The van der Waals surface area contributed by atoms with Crippen LogP contribution in [0.15, 0.2) is 30.5 Å². The maximum Gasteiger partial charge on any atom is 0.239 e. The van der Waals surface area contributed by atoms with E-state index in [1.165, 1.54) is 0 Å². The molecule has 4 rings (SSSR count). The van der Waals surface area contributed by atoms with Gasteiger partial charge in [-0.25, -0.2) is 9.97 Å². The molecule has 1 fully saturated rings. The number of benzene rings is 1. The van der Waals surface area contributed by atoms with Crippen molar-refractivity contribution in [3.8, 4) is 11.4 Å². The molecule has 1 aromatic heterocycles. The Morgan fingerprint density at radius 1 is 1.08 bits per heavy atom. The molecule has 0 radical (unpaired) electrons. The number of rotatable bonds is 10. The van der Waals surface area contributed by atoms with Crippen molar-refractivity contribution in [2.24, 2.45) is 5.92 Å². The number of ether oxygens (including phenoxy) is 3.